The number of pyridine rings is 1. The highest BCUT2D eigenvalue weighted by molar-refractivity contribution is 5.08. The molecule has 1 aliphatic rings. The Labute approximate surface area is 117 Å². The molecule has 0 saturated carbocycles. The summed E-state index contributed by atoms with van der Waals surface area (Å²) in [5, 5.41) is 3.55. The third-order valence-electron chi connectivity index (χ3n) is 3.82. The molecule has 1 aromatic rings. The molecule has 0 radical (unpaired) electrons. The van der Waals surface area contributed by atoms with Crippen LogP contribution in [0.5, 0.6) is 0 Å². The van der Waals surface area contributed by atoms with Crippen molar-refractivity contribution < 1.29 is 0 Å². The number of nitrogens with zero attached hydrogens (tertiary/aromatic N) is 2. The third kappa shape index (κ3) is 6.17. The first kappa shape index (κ1) is 14.5. The Morgan fingerprint density at radius 1 is 1.11 bits per heavy atom. The molecule has 1 saturated heterocycles. The van der Waals surface area contributed by atoms with E-state index in [9.17, 15) is 0 Å². The van der Waals surface area contributed by atoms with Crippen LogP contribution in [0.2, 0.25) is 0 Å². The second-order valence-corrected chi connectivity index (χ2v) is 5.47. The van der Waals surface area contributed by atoms with Gasteiger partial charge in [-0.1, -0.05) is 12.5 Å². The zero-order chi connectivity index (χ0) is 13.2. The van der Waals surface area contributed by atoms with E-state index in [1.807, 2.05) is 18.5 Å². The van der Waals surface area contributed by atoms with Crippen molar-refractivity contribution in [1.82, 2.24) is 15.2 Å². The number of hydrogen-bond donors (Lipinski definition) is 1. The molecule has 0 atom stereocenters. The van der Waals surface area contributed by atoms with Crippen molar-refractivity contribution >= 4 is 0 Å². The summed E-state index contributed by atoms with van der Waals surface area (Å²) in [5.74, 6) is 0. The first-order valence-corrected chi connectivity index (χ1v) is 7.77. The van der Waals surface area contributed by atoms with Crippen molar-refractivity contribution in [3.8, 4) is 0 Å². The second-order valence-electron chi connectivity index (χ2n) is 5.47. The molecular weight excluding hydrogens is 234 g/mol. The van der Waals surface area contributed by atoms with Crippen LogP contribution in [0.4, 0.5) is 0 Å². The van der Waals surface area contributed by atoms with Gasteiger partial charge in [-0.05, 0) is 76.5 Å². The minimum atomic E-state index is 1.12. The topological polar surface area (TPSA) is 28.2 Å². The molecule has 106 valence electrons. The van der Waals surface area contributed by atoms with E-state index in [4.69, 9.17) is 0 Å². The van der Waals surface area contributed by atoms with Crippen molar-refractivity contribution in [2.75, 3.05) is 32.7 Å². The quantitative estimate of drug-likeness (QED) is 0.729. The fourth-order valence-electron chi connectivity index (χ4n) is 2.70. The Hall–Kier alpha value is -0.930. The summed E-state index contributed by atoms with van der Waals surface area (Å²) < 4.78 is 0. The van der Waals surface area contributed by atoms with Crippen LogP contribution < -0.4 is 5.32 Å². The Bertz CT molecular complexity index is 320. The molecule has 3 heteroatoms. The number of aryl methyl sites for hydroxylation is 1. The largest absolute Gasteiger partial charge is 0.317 e. The average molecular weight is 261 g/mol. The highest BCUT2D eigenvalue weighted by Gasteiger charge is 2.08. The lowest BCUT2D eigenvalue weighted by atomic mass is 10.1. The van der Waals surface area contributed by atoms with Crippen LogP contribution >= 0.6 is 0 Å². The van der Waals surface area contributed by atoms with Gasteiger partial charge in [0.2, 0.25) is 0 Å². The van der Waals surface area contributed by atoms with E-state index in [1.165, 1.54) is 57.3 Å². The zero-order valence-corrected chi connectivity index (χ0v) is 12.0. The van der Waals surface area contributed by atoms with Crippen LogP contribution in [0.15, 0.2) is 24.5 Å². The molecule has 19 heavy (non-hydrogen) atoms. The van der Waals surface area contributed by atoms with Gasteiger partial charge in [-0.25, -0.2) is 0 Å². The number of nitrogens with one attached hydrogen (secondary N) is 1. The number of piperidine rings is 1. The summed E-state index contributed by atoms with van der Waals surface area (Å²) in [4.78, 5) is 6.75. The highest BCUT2D eigenvalue weighted by atomic mass is 15.1. The lowest BCUT2D eigenvalue weighted by Crippen LogP contribution is -2.32. The minimum Gasteiger partial charge on any atom is -0.317 e. The molecule has 1 fully saturated rings. The summed E-state index contributed by atoms with van der Waals surface area (Å²) >= 11 is 0. The normalized spacial score (nSPS) is 16.6. The number of aromatic nitrogens is 1. The van der Waals surface area contributed by atoms with Crippen LogP contribution in [0.25, 0.3) is 0 Å². The summed E-state index contributed by atoms with van der Waals surface area (Å²) in [6.45, 7) is 6.19. The number of rotatable bonds is 8. The lowest BCUT2D eigenvalue weighted by Gasteiger charge is -2.26. The van der Waals surface area contributed by atoms with E-state index in [1.54, 1.807) is 0 Å². The Morgan fingerprint density at radius 3 is 2.74 bits per heavy atom. The molecule has 2 heterocycles. The maximum Gasteiger partial charge on any atom is 0.0299 e. The fraction of sp³-hybridized carbons (Fsp3) is 0.688. The van der Waals surface area contributed by atoms with Gasteiger partial charge in [0.25, 0.3) is 0 Å². The van der Waals surface area contributed by atoms with E-state index in [0.717, 1.165) is 19.5 Å². The van der Waals surface area contributed by atoms with Gasteiger partial charge in [-0.2, -0.15) is 0 Å². The van der Waals surface area contributed by atoms with Crippen molar-refractivity contribution in [3.63, 3.8) is 0 Å². The van der Waals surface area contributed by atoms with Crippen LogP contribution in [0, 0.1) is 0 Å². The van der Waals surface area contributed by atoms with Gasteiger partial charge in [0.05, 0.1) is 0 Å². The second kappa shape index (κ2) is 9.05. The fourth-order valence-corrected chi connectivity index (χ4v) is 2.70. The third-order valence-corrected chi connectivity index (χ3v) is 3.82. The smallest absolute Gasteiger partial charge is 0.0299 e. The maximum absolute atomic E-state index is 4.14. The van der Waals surface area contributed by atoms with E-state index in [2.05, 4.69) is 21.3 Å². The molecule has 0 aliphatic carbocycles. The molecule has 0 spiro atoms. The van der Waals surface area contributed by atoms with Crippen molar-refractivity contribution in [3.05, 3.63) is 30.1 Å². The number of hydrogen-bond acceptors (Lipinski definition) is 3. The van der Waals surface area contributed by atoms with Crippen LogP contribution in [-0.4, -0.2) is 42.6 Å². The Kier molecular flexibility index (Phi) is 6.90. The van der Waals surface area contributed by atoms with E-state index in [0.29, 0.717) is 0 Å². The molecule has 1 N–H and O–H groups in total. The molecule has 1 aliphatic heterocycles. The average Bonchev–Trinajstić information content (AvgIpc) is 2.48. The molecule has 0 unspecified atom stereocenters. The Morgan fingerprint density at radius 2 is 1.95 bits per heavy atom. The van der Waals surface area contributed by atoms with Gasteiger partial charge < -0.3 is 10.2 Å². The summed E-state index contributed by atoms with van der Waals surface area (Å²) in [7, 11) is 0. The van der Waals surface area contributed by atoms with Gasteiger partial charge in [0, 0.05) is 12.4 Å². The molecule has 0 bridgehead atoms. The maximum atomic E-state index is 4.14. The summed E-state index contributed by atoms with van der Waals surface area (Å²) in [5.41, 5.74) is 1.35. The zero-order valence-electron chi connectivity index (χ0n) is 12.0. The molecule has 3 nitrogen and oxygen atoms in total. The summed E-state index contributed by atoms with van der Waals surface area (Å²) in [6.07, 6.45) is 11.7. The Balaban J connectivity index is 1.42. The van der Waals surface area contributed by atoms with Gasteiger partial charge in [0.15, 0.2) is 0 Å². The molecular formula is C16H27N3. The van der Waals surface area contributed by atoms with E-state index < -0.39 is 0 Å². The van der Waals surface area contributed by atoms with Crippen LogP contribution in [0.1, 0.15) is 37.7 Å². The number of likely N-dealkylation sites (tertiary alicyclic amines) is 1. The molecule has 0 amide bonds. The highest BCUT2D eigenvalue weighted by Crippen LogP contribution is 2.08. The lowest BCUT2D eigenvalue weighted by molar-refractivity contribution is 0.226. The van der Waals surface area contributed by atoms with E-state index >= 15 is 0 Å². The molecule has 1 aromatic heterocycles. The van der Waals surface area contributed by atoms with Crippen molar-refractivity contribution in [2.24, 2.45) is 0 Å². The minimum absolute atomic E-state index is 1.12. The standard InChI is InChI=1S/C16H27N3/c1-2-12-19(13-3-1)14-6-11-17-9-4-7-16-8-5-10-18-15-16/h5,8,10,15,17H,1-4,6-7,9,11-14H2. The summed E-state index contributed by atoms with van der Waals surface area (Å²) in [6, 6.07) is 4.17. The van der Waals surface area contributed by atoms with Crippen LogP contribution in [-0.2, 0) is 6.42 Å². The van der Waals surface area contributed by atoms with Gasteiger partial charge >= 0.3 is 0 Å². The van der Waals surface area contributed by atoms with Crippen molar-refractivity contribution in [1.29, 1.82) is 0 Å². The van der Waals surface area contributed by atoms with E-state index in [-0.39, 0.29) is 0 Å². The first-order valence-electron chi connectivity index (χ1n) is 7.77. The van der Waals surface area contributed by atoms with Crippen LogP contribution in [0.3, 0.4) is 0 Å². The predicted octanol–water partition coefficient (Wildman–Crippen LogP) is 2.48. The molecule has 2 rings (SSSR count). The van der Waals surface area contributed by atoms with Gasteiger partial charge in [0.1, 0.15) is 0 Å². The SMILES string of the molecule is c1cncc(CCCNCCCN2CCCCC2)c1. The first-order chi connectivity index (χ1) is 9.45. The monoisotopic (exact) mass is 261 g/mol. The predicted molar refractivity (Wildman–Crippen MR) is 80.3 cm³/mol. The van der Waals surface area contributed by atoms with Crippen molar-refractivity contribution in [2.45, 2.75) is 38.5 Å². The van der Waals surface area contributed by atoms with Gasteiger partial charge in [-0.15, -0.1) is 0 Å². The van der Waals surface area contributed by atoms with Gasteiger partial charge in [-0.3, -0.25) is 4.98 Å². The molecule has 0 aromatic carbocycles.